The number of carboxylic acid groups (broad SMARTS) is 1. The molecule has 0 rings (SSSR count). The Bertz CT molecular complexity index is 352. The highest BCUT2D eigenvalue weighted by atomic mass is 32.2. The molecule has 96 valence electrons. The molecule has 0 heterocycles. The highest BCUT2D eigenvalue weighted by molar-refractivity contribution is 7.90. The summed E-state index contributed by atoms with van der Waals surface area (Å²) in [7, 11) is -3.45. The van der Waals surface area contributed by atoms with Crippen molar-refractivity contribution in [3.8, 4) is 0 Å². The molecule has 0 atom stereocenters. The first kappa shape index (κ1) is 15.4. The molecule has 0 spiro atoms. The molecule has 0 radical (unpaired) electrons. The van der Waals surface area contributed by atoms with Gasteiger partial charge in [0.25, 0.3) is 0 Å². The van der Waals surface area contributed by atoms with Crippen LogP contribution in [0.2, 0.25) is 0 Å². The molecule has 0 aliphatic carbocycles. The Morgan fingerprint density at radius 1 is 1.19 bits per heavy atom. The highest BCUT2D eigenvalue weighted by Gasteiger charge is 2.34. The topological polar surface area (TPSA) is 83.5 Å². The van der Waals surface area contributed by atoms with Crippen molar-refractivity contribution in [2.75, 3.05) is 0 Å². The van der Waals surface area contributed by atoms with Crippen LogP contribution in [-0.4, -0.2) is 29.8 Å². The first-order valence-electron chi connectivity index (χ1n) is 5.13. The number of sulfonamides is 1. The summed E-state index contributed by atoms with van der Waals surface area (Å²) < 4.78 is 25.3. The monoisotopic (exact) mass is 251 g/mol. The second kappa shape index (κ2) is 4.71. The van der Waals surface area contributed by atoms with Gasteiger partial charge in [-0.3, -0.25) is 4.79 Å². The molecule has 0 aromatic rings. The largest absolute Gasteiger partial charge is 0.481 e. The second-order valence-corrected chi connectivity index (χ2v) is 7.93. The van der Waals surface area contributed by atoms with E-state index in [9.17, 15) is 13.2 Å². The lowest BCUT2D eigenvalue weighted by molar-refractivity contribution is -0.137. The predicted octanol–water partition coefficient (Wildman–Crippen LogP) is 1.35. The molecule has 0 saturated heterocycles. The van der Waals surface area contributed by atoms with Crippen LogP contribution in [0.4, 0.5) is 0 Å². The van der Waals surface area contributed by atoms with E-state index in [2.05, 4.69) is 4.72 Å². The smallest absolute Gasteiger partial charge is 0.303 e. The Kier molecular flexibility index (Phi) is 4.53. The van der Waals surface area contributed by atoms with Crippen molar-refractivity contribution < 1.29 is 18.3 Å². The van der Waals surface area contributed by atoms with Crippen LogP contribution < -0.4 is 4.72 Å². The molecule has 0 aliphatic heterocycles. The van der Waals surface area contributed by atoms with E-state index in [-0.39, 0.29) is 12.8 Å². The molecular weight excluding hydrogens is 230 g/mol. The molecular formula is C10H21NO4S. The van der Waals surface area contributed by atoms with Gasteiger partial charge in [0, 0.05) is 12.0 Å². The molecule has 0 amide bonds. The summed E-state index contributed by atoms with van der Waals surface area (Å²) in [6.07, 6.45) is 0.206. The van der Waals surface area contributed by atoms with Gasteiger partial charge in [0.05, 0.1) is 4.75 Å². The number of hydrogen-bond acceptors (Lipinski definition) is 3. The van der Waals surface area contributed by atoms with Crippen molar-refractivity contribution >= 4 is 16.0 Å². The van der Waals surface area contributed by atoms with Gasteiger partial charge < -0.3 is 5.11 Å². The third-order valence-electron chi connectivity index (χ3n) is 2.18. The lowest BCUT2D eigenvalue weighted by Gasteiger charge is -2.30. The summed E-state index contributed by atoms with van der Waals surface area (Å²) in [5.41, 5.74) is -0.746. The van der Waals surface area contributed by atoms with Crippen LogP contribution >= 0.6 is 0 Å². The SMILES string of the molecule is CC(C)(CCC(=O)O)NS(=O)(=O)C(C)(C)C. The van der Waals surface area contributed by atoms with E-state index in [1.165, 1.54) is 0 Å². The van der Waals surface area contributed by atoms with Crippen LogP contribution in [0.1, 0.15) is 47.5 Å². The minimum absolute atomic E-state index is 0.0559. The number of carboxylic acids is 1. The molecule has 0 aromatic heterocycles. The summed E-state index contributed by atoms with van der Waals surface area (Å²) in [5.74, 6) is -0.928. The predicted molar refractivity (Wildman–Crippen MR) is 62.8 cm³/mol. The maximum Gasteiger partial charge on any atom is 0.303 e. The van der Waals surface area contributed by atoms with Crippen molar-refractivity contribution in [3.05, 3.63) is 0 Å². The Morgan fingerprint density at radius 3 is 1.94 bits per heavy atom. The minimum Gasteiger partial charge on any atom is -0.481 e. The Balaban J connectivity index is 4.66. The summed E-state index contributed by atoms with van der Waals surface area (Å²) in [6.45, 7) is 8.16. The number of carbonyl (C=O) groups is 1. The average Bonchev–Trinajstić information content (AvgIpc) is 1.96. The fraction of sp³-hybridized carbons (Fsp3) is 0.900. The first-order chi connectivity index (χ1) is 6.87. The van der Waals surface area contributed by atoms with Crippen LogP contribution in [0, 0.1) is 0 Å². The van der Waals surface area contributed by atoms with Gasteiger partial charge in [-0.25, -0.2) is 13.1 Å². The van der Waals surface area contributed by atoms with Gasteiger partial charge in [0.1, 0.15) is 0 Å². The van der Waals surface area contributed by atoms with Gasteiger partial charge in [-0.05, 0) is 41.0 Å². The fourth-order valence-corrected chi connectivity index (χ4v) is 2.12. The van der Waals surface area contributed by atoms with E-state index in [1.54, 1.807) is 34.6 Å². The van der Waals surface area contributed by atoms with Gasteiger partial charge >= 0.3 is 5.97 Å². The Morgan fingerprint density at radius 2 is 1.62 bits per heavy atom. The molecule has 0 aromatic carbocycles. The lowest BCUT2D eigenvalue weighted by Crippen LogP contribution is -2.50. The molecule has 0 saturated carbocycles. The number of aliphatic carboxylic acids is 1. The summed E-state index contributed by atoms with van der Waals surface area (Å²) in [6, 6.07) is 0. The Hall–Kier alpha value is -0.620. The van der Waals surface area contributed by atoms with Crippen molar-refractivity contribution in [1.82, 2.24) is 4.72 Å². The number of rotatable bonds is 5. The molecule has 0 unspecified atom stereocenters. The van der Waals surface area contributed by atoms with E-state index in [4.69, 9.17) is 5.11 Å². The van der Waals surface area contributed by atoms with Gasteiger partial charge in [0.15, 0.2) is 0 Å². The van der Waals surface area contributed by atoms with E-state index in [1.807, 2.05) is 0 Å². The third-order valence-corrected chi connectivity index (χ3v) is 4.61. The van der Waals surface area contributed by atoms with Crippen LogP contribution in [0.15, 0.2) is 0 Å². The van der Waals surface area contributed by atoms with E-state index in [0.717, 1.165) is 0 Å². The molecule has 16 heavy (non-hydrogen) atoms. The highest BCUT2D eigenvalue weighted by Crippen LogP contribution is 2.19. The fourth-order valence-electron chi connectivity index (χ4n) is 0.987. The maximum absolute atomic E-state index is 11.9. The van der Waals surface area contributed by atoms with Gasteiger partial charge in [-0.15, -0.1) is 0 Å². The third kappa shape index (κ3) is 4.94. The van der Waals surface area contributed by atoms with Crippen LogP contribution in [0.25, 0.3) is 0 Å². The van der Waals surface area contributed by atoms with Crippen LogP contribution in [0.3, 0.4) is 0 Å². The zero-order chi connectivity index (χ0) is 13.2. The summed E-state index contributed by atoms with van der Waals surface area (Å²) in [5, 5.41) is 8.56. The average molecular weight is 251 g/mol. The van der Waals surface area contributed by atoms with Gasteiger partial charge in [-0.1, -0.05) is 0 Å². The molecule has 0 bridgehead atoms. The van der Waals surface area contributed by atoms with Gasteiger partial charge in [0.2, 0.25) is 10.0 Å². The van der Waals surface area contributed by atoms with Gasteiger partial charge in [-0.2, -0.15) is 0 Å². The van der Waals surface area contributed by atoms with Crippen LogP contribution in [0.5, 0.6) is 0 Å². The maximum atomic E-state index is 11.9. The van der Waals surface area contributed by atoms with Crippen molar-refractivity contribution in [2.24, 2.45) is 0 Å². The standard InChI is InChI=1S/C10H21NO4S/c1-9(2,3)16(14,15)11-10(4,5)7-6-8(12)13/h11H,6-7H2,1-5H3,(H,12,13). The van der Waals surface area contributed by atoms with E-state index < -0.39 is 26.3 Å². The van der Waals surface area contributed by atoms with Crippen molar-refractivity contribution in [3.63, 3.8) is 0 Å². The minimum atomic E-state index is -3.45. The molecule has 6 heteroatoms. The zero-order valence-corrected chi connectivity index (χ0v) is 11.3. The molecule has 5 nitrogen and oxygen atoms in total. The summed E-state index contributed by atoms with van der Waals surface area (Å²) in [4.78, 5) is 10.4. The quantitative estimate of drug-likeness (QED) is 0.772. The molecule has 0 fully saturated rings. The van der Waals surface area contributed by atoms with E-state index in [0.29, 0.717) is 0 Å². The normalized spacial score (nSPS) is 13.8. The molecule has 0 aliphatic rings. The Labute approximate surface area is 97.3 Å². The zero-order valence-electron chi connectivity index (χ0n) is 10.5. The second-order valence-electron chi connectivity index (χ2n) is 5.50. The number of nitrogens with one attached hydrogen (secondary N) is 1. The number of hydrogen-bond donors (Lipinski definition) is 2. The van der Waals surface area contributed by atoms with Crippen molar-refractivity contribution in [2.45, 2.75) is 57.7 Å². The lowest BCUT2D eigenvalue weighted by atomic mass is 10.0. The van der Waals surface area contributed by atoms with E-state index >= 15 is 0 Å². The molecule has 2 N–H and O–H groups in total. The first-order valence-corrected chi connectivity index (χ1v) is 6.61. The van der Waals surface area contributed by atoms with Crippen LogP contribution in [-0.2, 0) is 14.8 Å². The van der Waals surface area contributed by atoms with Crippen molar-refractivity contribution in [1.29, 1.82) is 0 Å². The summed E-state index contributed by atoms with van der Waals surface area (Å²) >= 11 is 0.